The van der Waals surface area contributed by atoms with Gasteiger partial charge in [-0.15, -0.1) is 0 Å². The number of carbonyl (C=O) groups excluding carboxylic acids is 1. The Morgan fingerprint density at radius 2 is 2.18 bits per heavy atom. The topological polar surface area (TPSA) is 48.4 Å². The Kier molecular flexibility index (Phi) is 5.56. The molecule has 1 rings (SSSR count). The van der Waals surface area contributed by atoms with Crippen molar-refractivity contribution in [3.63, 3.8) is 0 Å². The van der Waals surface area contributed by atoms with Gasteiger partial charge in [-0.25, -0.2) is 9.78 Å². The summed E-state index contributed by atoms with van der Waals surface area (Å²) in [5.41, 5.74) is -0.0335. The number of rotatable bonds is 6. The number of halogens is 1. The zero-order chi connectivity index (χ0) is 12.7. The summed E-state index contributed by atoms with van der Waals surface area (Å²) in [7, 11) is 0. The number of aromatic nitrogens is 1. The lowest BCUT2D eigenvalue weighted by Gasteiger charge is -2.07. The Morgan fingerprint density at radius 3 is 2.82 bits per heavy atom. The monoisotopic (exact) mass is 241 g/mol. The minimum atomic E-state index is -0.699. The Balaban J connectivity index is 2.26. The predicted octanol–water partition coefficient (Wildman–Crippen LogP) is 2.05. The third-order valence-electron chi connectivity index (χ3n) is 1.84. The first-order valence-corrected chi connectivity index (χ1v) is 5.47. The molecule has 0 fully saturated rings. The first-order valence-electron chi connectivity index (χ1n) is 5.47. The number of hydrogen-bond donors (Lipinski definition) is 0. The summed E-state index contributed by atoms with van der Waals surface area (Å²) < 4.78 is 22.8. The first-order chi connectivity index (χ1) is 8.09. The molecule has 0 bridgehead atoms. The molecule has 1 aromatic heterocycles. The van der Waals surface area contributed by atoms with Gasteiger partial charge in [0.1, 0.15) is 6.61 Å². The van der Waals surface area contributed by atoms with Crippen LogP contribution < -0.4 is 0 Å². The third kappa shape index (κ3) is 5.40. The van der Waals surface area contributed by atoms with Crippen LogP contribution in [0.3, 0.4) is 0 Å². The molecule has 0 aliphatic heterocycles. The summed E-state index contributed by atoms with van der Waals surface area (Å²) in [4.78, 5) is 14.8. The molecule has 0 amide bonds. The third-order valence-corrected chi connectivity index (χ3v) is 1.84. The normalized spacial score (nSPS) is 10.6. The maximum atomic E-state index is 12.7. The molecular formula is C12H16FNO3. The second kappa shape index (κ2) is 6.96. The van der Waals surface area contributed by atoms with Gasteiger partial charge in [0.15, 0.2) is 5.69 Å². The standard InChI is InChI=1S/C12H16FNO3/c1-9(2)8-16-6-7-17-12(15)10-4-3-5-11(13)14-10/h3-5,9H,6-8H2,1-2H3. The predicted molar refractivity (Wildman–Crippen MR) is 60.1 cm³/mol. The SMILES string of the molecule is CC(C)COCCOC(=O)c1cccc(F)n1. The van der Waals surface area contributed by atoms with Crippen LogP contribution in [0.1, 0.15) is 24.3 Å². The molecule has 1 heterocycles. The number of esters is 1. The zero-order valence-corrected chi connectivity index (χ0v) is 9.98. The van der Waals surface area contributed by atoms with Crippen molar-refractivity contribution in [1.82, 2.24) is 4.98 Å². The van der Waals surface area contributed by atoms with Gasteiger partial charge in [0, 0.05) is 6.61 Å². The van der Waals surface area contributed by atoms with Crippen LogP contribution in [0.4, 0.5) is 4.39 Å². The van der Waals surface area contributed by atoms with E-state index in [0.29, 0.717) is 19.1 Å². The fourth-order valence-corrected chi connectivity index (χ4v) is 1.11. The molecule has 4 nitrogen and oxygen atoms in total. The quantitative estimate of drug-likeness (QED) is 0.434. The molecule has 0 aromatic carbocycles. The highest BCUT2D eigenvalue weighted by molar-refractivity contribution is 5.87. The largest absolute Gasteiger partial charge is 0.459 e. The summed E-state index contributed by atoms with van der Waals surface area (Å²) in [5, 5.41) is 0. The van der Waals surface area contributed by atoms with Crippen LogP contribution >= 0.6 is 0 Å². The fourth-order valence-electron chi connectivity index (χ4n) is 1.11. The minimum Gasteiger partial charge on any atom is -0.459 e. The average molecular weight is 241 g/mol. The van der Waals surface area contributed by atoms with E-state index in [4.69, 9.17) is 9.47 Å². The molecule has 0 saturated heterocycles. The van der Waals surface area contributed by atoms with E-state index in [0.717, 1.165) is 0 Å². The number of hydrogen-bond acceptors (Lipinski definition) is 4. The van der Waals surface area contributed by atoms with Crippen LogP contribution in [0.25, 0.3) is 0 Å². The molecule has 0 radical (unpaired) electrons. The summed E-state index contributed by atoms with van der Waals surface area (Å²) in [5.74, 6) is -0.899. The van der Waals surface area contributed by atoms with Gasteiger partial charge in [0.25, 0.3) is 0 Å². The molecule has 0 aliphatic carbocycles. The van der Waals surface area contributed by atoms with Gasteiger partial charge >= 0.3 is 5.97 Å². The molecular weight excluding hydrogens is 225 g/mol. The van der Waals surface area contributed by atoms with Crippen LogP contribution in [-0.4, -0.2) is 30.8 Å². The molecule has 0 spiro atoms. The second-order valence-corrected chi connectivity index (χ2v) is 3.95. The Bertz CT molecular complexity index is 369. The number of pyridine rings is 1. The van der Waals surface area contributed by atoms with Gasteiger partial charge in [-0.05, 0) is 18.1 Å². The van der Waals surface area contributed by atoms with Crippen molar-refractivity contribution in [2.75, 3.05) is 19.8 Å². The lowest BCUT2D eigenvalue weighted by atomic mass is 10.2. The van der Waals surface area contributed by atoms with Gasteiger partial charge in [-0.3, -0.25) is 0 Å². The van der Waals surface area contributed by atoms with Crippen molar-refractivity contribution in [2.24, 2.45) is 5.92 Å². The van der Waals surface area contributed by atoms with Gasteiger partial charge in [-0.2, -0.15) is 4.39 Å². The number of nitrogens with zero attached hydrogens (tertiary/aromatic N) is 1. The molecule has 17 heavy (non-hydrogen) atoms. The lowest BCUT2D eigenvalue weighted by Crippen LogP contribution is -2.14. The Hall–Kier alpha value is -1.49. The molecule has 94 valence electrons. The maximum Gasteiger partial charge on any atom is 0.357 e. The maximum absolute atomic E-state index is 12.7. The highest BCUT2D eigenvalue weighted by Crippen LogP contribution is 2.00. The molecule has 0 atom stereocenters. The molecule has 0 N–H and O–H groups in total. The lowest BCUT2D eigenvalue weighted by molar-refractivity contribution is 0.0271. The molecule has 0 unspecified atom stereocenters. The highest BCUT2D eigenvalue weighted by atomic mass is 19.1. The summed E-state index contributed by atoms with van der Waals surface area (Å²) in [6, 6.07) is 3.98. The van der Waals surface area contributed by atoms with E-state index in [2.05, 4.69) is 4.98 Å². The minimum absolute atomic E-state index is 0.0335. The molecule has 0 aliphatic rings. The smallest absolute Gasteiger partial charge is 0.357 e. The van der Waals surface area contributed by atoms with E-state index in [1.54, 1.807) is 0 Å². The number of ether oxygens (including phenoxy) is 2. The van der Waals surface area contributed by atoms with Crippen LogP contribution in [0.5, 0.6) is 0 Å². The van der Waals surface area contributed by atoms with Gasteiger partial charge in [0.2, 0.25) is 5.95 Å². The van der Waals surface area contributed by atoms with Gasteiger partial charge in [0.05, 0.1) is 6.61 Å². The van der Waals surface area contributed by atoms with E-state index in [9.17, 15) is 9.18 Å². The van der Waals surface area contributed by atoms with Crippen LogP contribution in [0.15, 0.2) is 18.2 Å². The van der Waals surface area contributed by atoms with Crippen molar-refractivity contribution in [3.8, 4) is 0 Å². The van der Waals surface area contributed by atoms with Crippen molar-refractivity contribution in [2.45, 2.75) is 13.8 Å². The Labute approximate surface area is 99.8 Å². The van der Waals surface area contributed by atoms with E-state index in [1.165, 1.54) is 18.2 Å². The molecule has 1 aromatic rings. The van der Waals surface area contributed by atoms with Crippen molar-refractivity contribution in [3.05, 3.63) is 29.8 Å². The van der Waals surface area contributed by atoms with Crippen molar-refractivity contribution >= 4 is 5.97 Å². The van der Waals surface area contributed by atoms with Crippen molar-refractivity contribution < 1.29 is 18.7 Å². The van der Waals surface area contributed by atoms with Crippen molar-refractivity contribution in [1.29, 1.82) is 0 Å². The first kappa shape index (κ1) is 13.6. The highest BCUT2D eigenvalue weighted by Gasteiger charge is 2.09. The average Bonchev–Trinajstić information content (AvgIpc) is 2.28. The van der Waals surface area contributed by atoms with E-state index >= 15 is 0 Å². The van der Waals surface area contributed by atoms with E-state index < -0.39 is 11.9 Å². The van der Waals surface area contributed by atoms with Crippen LogP contribution in [0.2, 0.25) is 0 Å². The van der Waals surface area contributed by atoms with Gasteiger partial charge in [-0.1, -0.05) is 19.9 Å². The summed E-state index contributed by atoms with van der Waals surface area (Å²) >= 11 is 0. The zero-order valence-electron chi connectivity index (χ0n) is 9.98. The Morgan fingerprint density at radius 1 is 1.41 bits per heavy atom. The van der Waals surface area contributed by atoms with Gasteiger partial charge < -0.3 is 9.47 Å². The summed E-state index contributed by atoms with van der Waals surface area (Å²) in [6.07, 6.45) is 0. The second-order valence-electron chi connectivity index (χ2n) is 3.95. The summed E-state index contributed by atoms with van der Waals surface area (Å²) in [6.45, 7) is 5.16. The van der Waals surface area contributed by atoms with Crippen LogP contribution in [-0.2, 0) is 9.47 Å². The fraction of sp³-hybridized carbons (Fsp3) is 0.500. The number of carbonyl (C=O) groups is 1. The molecule has 0 saturated carbocycles. The van der Waals surface area contributed by atoms with E-state index in [1.807, 2.05) is 13.8 Å². The van der Waals surface area contributed by atoms with Crippen LogP contribution in [0, 0.1) is 11.9 Å². The van der Waals surface area contributed by atoms with E-state index in [-0.39, 0.29) is 12.3 Å². The molecule has 5 heteroatoms.